The van der Waals surface area contributed by atoms with E-state index in [9.17, 15) is 0 Å². The zero-order valence-corrected chi connectivity index (χ0v) is 9.77. The average molecular weight is 245 g/mol. The van der Waals surface area contributed by atoms with Gasteiger partial charge in [-0.3, -0.25) is 0 Å². The normalized spacial score (nSPS) is 9.93. The van der Waals surface area contributed by atoms with Gasteiger partial charge in [0, 0.05) is 11.6 Å². The Morgan fingerprint density at radius 2 is 2.33 bits per heavy atom. The fourth-order valence-electron chi connectivity index (χ4n) is 1.06. The number of thiocarbonyl (C=S) groups is 1. The predicted octanol–water partition coefficient (Wildman–Crippen LogP) is 1.69. The third kappa shape index (κ3) is 5.57. The van der Waals surface area contributed by atoms with Crippen molar-refractivity contribution in [2.45, 2.75) is 6.61 Å². The minimum atomic E-state index is 0.293. The van der Waals surface area contributed by atoms with E-state index >= 15 is 0 Å². The van der Waals surface area contributed by atoms with Crippen LogP contribution in [-0.2, 0) is 11.3 Å². The Bertz CT molecular complexity index is 333. The Balaban J connectivity index is 2.17. The van der Waals surface area contributed by atoms with Crippen molar-refractivity contribution < 1.29 is 4.74 Å². The smallest absolute Gasteiger partial charge is 0.163 e. The summed E-state index contributed by atoms with van der Waals surface area (Å²) in [6.45, 7) is 1.72. The topological polar surface area (TPSA) is 47.3 Å². The first-order chi connectivity index (χ1) is 7.18. The standard InChI is InChI=1S/C10H13ClN2OS/c11-9-3-1-2-8(6-9)7-14-5-4-13-10(12)15/h1-3,6H,4-5,7H2,(H3,12,13,15). The maximum absolute atomic E-state index is 5.82. The number of halogens is 1. The highest BCUT2D eigenvalue weighted by atomic mass is 35.5. The summed E-state index contributed by atoms with van der Waals surface area (Å²) in [5.41, 5.74) is 6.31. The lowest BCUT2D eigenvalue weighted by atomic mass is 10.2. The van der Waals surface area contributed by atoms with Crippen LogP contribution in [0.3, 0.4) is 0 Å². The molecule has 0 fully saturated rings. The molecule has 0 amide bonds. The van der Waals surface area contributed by atoms with Crippen molar-refractivity contribution in [3.8, 4) is 0 Å². The van der Waals surface area contributed by atoms with Crippen molar-refractivity contribution in [2.24, 2.45) is 5.73 Å². The van der Waals surface area contributed by atoms with Gasteiger partial charge in [-0.15, -0.1) is 0 Å². The first-order valence-electron chi connectivity index (χ1n) is 4.54. The number of nitrogens with one attached hydrogen (secondary N) is 1. The number of ether oxygens (including phenoxy) is 1. The SMILES string of the molecule is NC(=S)NCCOCc1cccc(Cl)c1. The van der Waals surface area contributed by atoms with Gasteiger partial charge in [-0.05, 0) is 29.9 Å². The molecule has 0 bridgehead atoms. The molecule has 0 aliphatic carbocycles. The molecule has 82 valence electrons. The fraction of sp³-hybridized carbons (Fsp3) is 0.300. The largest absolute Gasteiger partial charge is 0.376 e. The van der Waals surface area contributed by atoms with Crippen LogP contribution in [0.15, 0.2) is 24.3 Å². The summed E-state index contributed by atoms with van der Waals surface area (Å²) in [5, 5.41) is 3.81. The molecule has 0 radical (unpaired) electrons. The molecule has 0 saturated heterocycles. The predicted molar refractivity (Wildman–Crippen MR) is 65.9 cm³/mol. The first kappa shape index (κ1) is 12.2. The van der Waals surface area contributed by atoms with Gasteiger partial charge in [0.1, 0.15) is 0 Å². The molecule has 3 nitrogen and oxygen atoms in total. The lowest BCUT2D eigenvalue weighted by molar-refractivity contribution is 0.125. The summed E-state index contributed by atoms with van der Waals surface area (Å²) in [7, 11) is 0. The van der Waals surface area contributed by atoms with Crippen LogP contribution < -0.4 is 11.1 Å². The van der Waals surface area contributed by atoms with Crippen LogP contribution in [0.5, 0.6) is 0 Å². The van der Waals surface area contributed by atoms with E-state index in [0.29, 0.717) is 24.9 Å². The van der Waals surface area contributed by atoms with Gasteiger partial charge in [-0.2, -0.15) is 0 Å². The molecule has 0 unspecified atom stereocenters. The minimum absolute atomic E-state index is 0.293. The Hall–Kier alpha value is -0.840. The second kappa shape index (κ2) is 6.61. The quantitative estimate of drug-likeness (QED) is 0.611. The molecule has 0 aliphatic rings. The third-order valence-electron chi connectivity index (χ3n) is 1.70. The van der Waals surface area contributed by atoms with E-state index < -0.39 is 0 Å². The van der Waals surface area contributed by atoms with E-state index in [2.05, 4.69) is 17.5 Å². The van der Waals surface area contributed by atoms with Crippen molar-refractivity contribution in [3.63, 3.8) is 0 Å². The van der Waals surface area contributed by atoms with Gasteiger partial charge in [0.2, 0.25) is 0 Å². The Kier molecular flexibility index (Phi) is 5.39. The molecular weight excluding hydrogens is 232 g/mol. The van der Waals surface area contributed by atoms with Gasteiger partial charge < -0.3 is 15.8 Å². The summed E-state index contributed by atoms with van der Waals surface area (Å²) in [4.78, 5) is 0. The second-order valence-electron chi connectivity index (χ2n) is 2.97. The van der Waals surface area contributed by atoms with Gasteiger partial charge in [0.05, 0.1) is 13.2 Å². The molecule has 0 saturated carbocycles. The highest BCUT2D eigenvalue weighted by molar-refractivity contribution is 7.80. The monoisotopic (exact) mass is 244 g/mol. The minimum Gasteiger partial charge on any atom is -0.376 e. The van der Waals surface area contributed by atoms with Crippen LogP contribution in [0.1, 0.15) is 5.56 Å². The van der Waals surface area contributed by atoms with Crippen molar-refractivity contribution in [1.82, 2.24) is 5.32 Å². The van der Waals surface area contributed by atoms with E-state index in [1.54, 1.807) is 0 Å². The van der Waals surface area contributed by atoms with Gasteiger partial charge in [0.25, 0.3) is 0 Å². The van der Waals surface area contributed by atoms with Gasteiger partial charge >= 0.3 is 0 Å². The van der Waals surface area contributed by atoms with E-state index in [1.165, 1.54) is 0 Å². The summed E-state index contributed by atoms with van der Waals surface area (Å²) < 4.78 is 5.39. The molecule has 0 aromatic heterocycles. The molecule has 0 spiro atoms. The highest BCUT2D eigenvalue weighted by Crippen LogP contribution is 2.11. The van der Waals surface area contributed by atoms with Crippen molar-refractivity contribution >= 4 is 28.9 Å². The zero-order valence-electron chi connectivity index (χ0n) is 8.20. The summed E-state index contributed by atoms with van der Waals surface area (Å²) in [6, 6.07) is 7.57. The Morgan fingerprint density at radius 1 is 1.53 bits per heavy atom. The molecule has 1 rings (SSSR count). The van der Waals surface area contributed by atoms with Crippen LogP contribution in [0, 0.1) is 0 Å². The number of hydrogen-bond acceptors (Lipinski definition) is 2. The molecule has 1 aromatic carbocycles. The summed E-state index contributed by atoms with van der Waals surface area (Å²) >= 11 is 10.5. The fourth-order valence-corrected chi connectivity index (χ4v) is 1.38. The zero-order chi connectivity index (χ0) is 11.1. The van der Waals surface area contributed by atoms with Crippen LogP contribution in [-0.4, -0.2) is 18.3 Å². The van der Waals surface area contributed by atoms with Crippen LogP contribution in [0.4, 0.5) is 0 Å². The molecule has 0 aliphatic heterocycles. The molecule has 5 heteroatoms. The summed E-state index contributed by atoms with van der Waals surface area (Å²) in [5.74, 6) is 0. The summed E-state index contributed by atoms with van der Waals surface area (Å²) in [6.07, 6.45) is 0. The van der Waals surface area contributed by atoms with Crippen molar-refractivity contribution in [2.75, 3.05) is 13.2 Å². The molecule has 1 aromatic rings. The van der Waals surface area contributed by atoms with Gasteiger partial charge in [0.15, 0.2) is 5.11 Å². The Morgan fingerprint density at radius 3 is 3.00 bits per heavy atom. The van der Waals surface area contributed by atoms with E-state index in [-0.39, 0.29) is 0 Å². The lowest BCUT2D eigenvalue weighted by Crippen LogP contribution is -2.31. The van der Waals surface area contributed by atoms with Crippen molar-refractivity contribution in [3.05, 3.63) is 34.9 Å². The maximum atomic E-state index is 5.82. The second-order valence-corrected chi connectivity index (χ2v) is 3.85. The number of rotatable bonds is 5. The maximum Gasteiger partial charge on any atom is 0.163 e. The van der Waals surface area contributed by atoms with Crippen LogP contribution in [0.2, 0.25) is 5.02 Å². The Labute approximate surface area is 99.6 Å². The first-order valence-corrected chi connectivity index (χ1v) is 5.32. The highest BCUT2D eigenvalue weighted by Gasteiger charge is 1.94. The lowest BCUT2D eigenvalue weighted by Gasteiger charge is -2.05. The van der Waals surface area contributed by atoms with E-state index in [0.717, 1.165) is 10.6 Å². The number of hydrogen-bond donors (Lipinski definition) is 2. The average Bonchev–Trinajstić information content (AvgIpc) is 2.17. The third-order valence-corrected chi connectivity index (χ3v) is 2.08. The number of nitrogens with two attached hydrogens (primary N) is 1. The molecule has 15 heavy (non-hydrogen) atoms. The number of benzene rings is 1. The van der Waals surface area contributed by atoms with E-state index in [1.807, 2.05) is 24.3 Å². The van der Waals surface area contributed by atoms with Gasteiger partial charge in [-0.1, -0.05) is 23.7 Å². The molecule has 0 heterocycles. The van der Waals surface area contributed by atoms with Crippen LogP contribution in [0.25, 0.3) is 0 Å². The van der Waals surface area contributed by atoms with E-state index in [4.69, 9.17) is 22.1 Å². The molecule has 0 atom stereocenters. The van der Waals surface area contributed by atoms with Gasteiger partial charge in [-0.25, -0.2) is 0 Å². The molecular formula is C10H13ClN2OS. The molecule has 3 N–H and O–H groups in total. The van der Waals surface area contributed by atoms with Crippen LogP contribution >= 0.6 is 23.8 Å². The van der Waals surface area contributed by atoms with Crippen molar-refractivity contribution in [1.29, 1.82) is 0 Å².